The monoisotopic (exact) mass is 304 g/mol. The Balaban J connectivity index is 1.64. The molecule has 3 atom stereocenters. The zero-order valence-electron chi connectivity index (χ0n) is 12.2. The molecule has 0 aromatic carbocycles. The molecule has 22 heavy (non-hydrogen) atoms. The predicted molar refractivity (Wildman–Crippen MR) is 80.4 cm³/mol. The molecule has 7 nitrogen and oxygen atoms in total. The second-order valence-electron chi connectivity index (χ2n) is 6.07. The van der Waals surface area contributed by atoms with Crippen molar-refractivity contribution in [3.63, 3.8) is 0 Å². The predicted octanol–water partition coefficient (Wildman–Crippen LogP) is 1.04. The molecule has 0 bridgehead atoms. The molecule has 7 heteroatoms. The number of pyridine rings is 1. The van der Waals surface area contributed by atoms with Gasteiger partial charge in [-0.2, -0.15) is 0 Å². The van der Waals surface area contributed by atoms with Gasteiger partial charge in [0, 0.05) is 18.7 Å². The third-order valence-electron chi connectivity index (χ3n) is 4.62. The smallest absolute Gasteiger partial charge is 0.164 e. The first-order valence-corrected chi connectivity index (χ1v) is 7.78. The van der Waals surface area contributed by atoms with Crippen LogP contribution in [0, 0.1) is 0 Å². The molecule has 2 aromatic heterocycles. The van der Waals surface area contributed by atoms with Crippen molar-refractivity contribution in [2.24, 2.45) is 0 Å². The fourth-order valence-corrected chi connectivity index (χ4v) is 3.08. The second-order valence-corrected chi connectivity index (χ2v) is 6.07. The van der Waals surface area contributed by atoms with E-state index in [1.807, 2.05) is 10.6 Å². The highest BCUT2D eigenvalue weighted by Gasteiger charge is 2.35. The molecule has 1 aliphatic heterocycles. The number of rotatable bonds is 4. The summed E-state index contributed by atoms with van der Waals surface area (Å²) < 4.78 is 7.52. The summed E-state index contributed by atoms with van der Waals surface area (Å²) in [7, 11) is 0. The van der Waals surface area contributed by atoms with Crippen LogP contribution >= 0.6 is 0 Å². The van der Waals surface area contributed by atoms with Crippen LogP contribution < -0.4 is 5.32 Å². The third-order valence-corrected chi connectivity index (χ3v) is 4.62. The first kappa shape index (κ1) is 13.9. The van der Waals surface area contributed by atoms with Gasteiger partial charge in [0.1, 0.15) is 17.8 Å². The van der Waals surface area contributed by atoms with E-state index in [2.05, 4.69) is 15.3 Å². The summed E-state index contributed by atoms with van der Waals surface area (Å²) in [6.07, 6.45) is 6.00. The first-order valence-electron chi connectivity index (χ1n) is 7.78. The molecule has 0 radical (unpaired) electrons. The minimum Gasteiger partial charge on any atom is -0.394 e. The first-order chi connectivity index (χ1) is 10.8. The Bertz CT molecular complexity index is 670. The molecule has 1 saturated heterocycles. The molecule has 118 valence electrons. The van der Waals surface area contributed by atoms with E-state index in [4.69, 9.17) is 4.74 Å². The number of fused-ring (bicyclic) bond motifs is 1. The summed E-state index contributed by atoms with van der Waals surface area (Å²) in [4.78, 5) is 8.87. The van der Waals surface area contributed by atoms with E-state index in [1.54, 1.807) is 12.5 Å². The lowest BCUT2D eigenvalue weighted by Gasteiger charge is -2.27. The summed E-state index contributed by atoms with van der Waals surface area (Å²) in [6, 6.07) is 2.47. The van der Waals surface area contributed by atoms with Crippen LogP contribution in [0.15, 0.2) is 18.6 Å². The quantitative estimate of drug-likeness (QED) is 0.781. The van der Waals surface area contributed by atoms with Gasteiger partial charge in [-0.3, -0.25) is 4.57 Å². The number of nitrogens with zero attached hydrogens (tertiary/aromatic N) is 3. The number of ether oxygens (including phenoxy) is 1. The Morgan fingerprint density at radius 3 is 2.91 bits per heavy atom. The molecule has 2 aromatic rings. The minimum atomic E-state index is -0.663. The van der Waals surface area contributed by atoms with Gasteiger partial charge in [-0.1, -0.05) is 0 Å². The number of anilines is 1. The molecule has 2 aliphatic rings. The zero-order valence-corrected chi connectivity index (χ0v) is 12.2. The van der Waals surface area contributed by atoms with Gasteiger partial charge in [0.2, 0.25) is 0 Å². The van der Waals surface area contributed by atoms with Gasteiger partial charge in [-0.05, 0) is 25.3 Å². The SMILES string of the molecule is OC[C@H]1O[C@@H](n2cnc3c(NC4CCC4)ccnc32)C[C@@H]1O. The van der Waals surface area contributed by atoms with Crippen LogP contribution in [-0.4, -0.2) is 49.6 Å². The molecule has 1 aliphatic carbocycles. The summed E-state index contributed by atoms with van der Waals surface area (Å²) in [5.74, 6) is 0. The molecule has 2 fully saturated rings. The Morgan fingerprint density at radius 2 is 2.23 bits per heavy atom. The highest BCUT2D eigenvalue weighted by molar-refractivity contribution is 5.85. The molecular weight excluding hydrogens is 284 g/mol. The fourth-order valence-electron chi connectivity index (χ4n) is 3.08. The lowest BCUT2D eigenvalue weighted by molar-refractivity contribution is -0.0432. The Hall–Kier alpha value is -1.70. The molecule has 0 unspecified atom stereocenters. The van der Waals surface area contributed by atoms with Crippen molar-refractivity contribution in [1.82, 2.24) is 14.5 Å². The Morgan fingerprint density at radius 1 is 1.36 bits per heavy atom. The van der Waals surface area contributed by atoms with E-state index in [1.165, 1.54) is 19.3 Å². The standard InChI is InChI=1S/C15H20N4O3/c20-7-12-11(21)6-13(22-12)19-8-17-14-10(4-5-16-15(14)19)18-9-2-1-3-9/h4-5,8-9,11-13,20-21H,1-3,6-7H2,(H,16,18)/t11-,12+,13+/m0/s1. The molecule has 1 saturated carbocycles. The molecule has 3 N–H and O–H groups in total. The zero-order chi connectivity index (χ0) is 15.1. The van der Waals surface area contributed by atoms with E-state index in [0.717, 1.165) is 16.9 Å². The van der Waals surface area contributed by atoms with Crippen LogP contribution in [0.4, 0.5) is 5.69 Å². The number of aliphatic hydroxyl groups excluding tert-OH is 2. The lowest BCUT2D eigenvalue weighted by atomic mass is 9.93. The minimum absolute atomic E-state index is 0.188. The average Bonchev–Trinajstić information content (AvgIpc) is 3.06. The van der Waals surface area contributed by atoms with E-state index in [9.17, 15) is 10.2 Å². The van der Waals surface area contributed by atoms with Crippen molar-refractivity contribution in [2.75, 3.05) is 11.9 Å². The van der Waals surface area contributed by atoms with Crippen molar-refractivity contribution in [3.05, 3.63) is 18.6 Å². The number of aliphatic hydroxyl groups is 2. The topological polar surface area (TPSA) is 92.4 Å². The normalized spacial score (nSPS) is 28.9. The maximum absolute atomic E-state index is 9.89. The van der Waals surface area contributed by atoms with Crippen LogP contribution in [0.5, 0.6) is 0 Å². The molecule has 4 rings (SSSR count). The van der Waals surface area contributed by atoms with Gasteiger partial charge in [-0.15, -0.1) is 0 Å². The van der Waals surface area contributed by atoms with E-state index in [-0.39, 0.29) is 12.8 Å². The molecule has 0 amide bonds. The number of hydrogen-bond donors (Lipinski definition) is 3. The number of aromatic nitrogens is 3. The molecular formula is C15H20N4O3. The highest BCUT2D eigenvalue weighted by Crippen LogP contribution is 2.33. The van der Waals surface area contributed by atoms with Crippen LogP contribution in [0.3, 0.4) is 0 Å². The summed E-state index contributed by atoms with van der Waals surface area (Å²) in [5, 5.41) is 22.6. The fraction of sp³-hybridized carbons (Fsp3) is 0.600. The van der Waals surface area contributed by atoms with Gasteiger partial charge in [0.15, 0.2) is 5.65 Å². The van der Waals surface area contributed by atoms with Crippen LogP contribution in [-0.2, 0) is 4.74 Å². The average molecular weight is 304 g/mol. The van der Waals surface area contributed by atoms with Gasteiger partial charge in [0.25, 0.3) is 0 Å². The van der Waals surface area contributed by atoms with E-state index >= 15 is 0 Å². The molecule has 0 spiro atoms. The Labute approximate surface area is 127 Å². The van der Waals surface area contributed by atoms with E-state index in [0.29, 0.717) is 12.5 Å². The Kier molecular flexibility index (Phi) is 3.48. The van der Waals surface area contributed by atoms with E-state index < -0.39 is 12.2 Å². The van der Waals surface area contributed by atoms with Crippen molar-refractivity contribution in [3.8, 4) is 0 Å². The maximum Gasteiger partial charge on any atom is 0.164 e. The largest absolute Gasteiger partial charge is 0.394 e. The third kappa shape index (κ3) is 2.25. The van der Waals surface area contributed by atoms with Crippen molar-refractivity contribution < 1.29 is 14.9 Å². The van der Waals surface area contributed by atoms with Crippen LogP contribution in [0.2, 0.25) is 0 Å². The second kappa shape index (κ2) is 5.49. The van der Waals surface area contributed by atoms with Crippen molar-refractivity contribution >= 4 is 16.9 Å². The highest BCUT2D eigenvalue weighted by atomic mass is 16.5. The summed E-state index contributed by atoms with van der Waals surface area (Å²) >= 11 is 0. The number of hydrogen-bond acceptors (Lipinski definition) is 6. The van der Waals surface area contributed by atoms with Gasteiger partial charge in [-0.25, -0.2) is 9.97 Å². The number of imidazole rings is 1. The van der Waals surface area contributed by atoms with Crippen LogP contribution in [0.25, 0.3) is 11.2 Å². The van der Waals surface area contributed by atoms with Gasteiger partial charge >= 0.3 is 0 Å². The van der Waals surface area contributed by atoms with Crippen molar-refractivity contribution in [1.29, 1.82) is 0 Å². The van der Waals surface area contributed by atoms with Crippen molar-refractivity contribution in [2.45, 2.75) is 50.2 Å². The summed E-state index contributed by atoms with van der Waals surface area (Å²) in [5.41, 5.74) is 2.55. The number of nitrogens with one attached hydrogen (secondary N) is 1. The van der Waals surface area contributed by atoms with Crippen LogP contribution in [0.1, 0.15) is 31.9 Å². The maximum atomic E-state index is 9.89. The van der Waals surface area contributed by atoms with Gasteiger partial charge < -0.3 is 20.3 Å². The van der Waals surface area contributed by atoms with Gasteiger partial charge in [0.05, 0.1) is 24.7 Å². The molecule has 3 heterocycles. The lowest BCUT2D eigenvalue weighted by Crippen LogP contribution is -2.27. The summed E-state index contributed by atoms with van der Waals surface area (Å²) in [6.45, 7) is -0.188.